The molecule has 14 nitrogen and oxygen atoms in total. The van der Waals surface area contributed by atoms with E-state index >= 15 is 0 Å². The van der Waals surface area contributed by atoms with Gasteiger partial charge in [-0.15, -0.1) is 0 Å². The lowest BCUT2D eigenvalue weighted by molar-refractivity contribution is -0.149. The Morgan fingerprint density at radius 2 is 0.971 bits per heavy atom. The van der Waals surface area contributed by atoms with Crippen molar-refractivity contribution in [3.8, 4) is 11.1 Å². The Hall–Kier alpha value is -5.31. The van der Waals surface area contributed by atoms with E-state index in [4.69, 9.17) is 28.8 Å². The van der Waals surface area contributed by atoms with Crippen molar-refractivity contribution in [3.63, 3.8) is 0 Å². The summed E-state index contributed by atoms with van der Waals surface area (Å²) in [5.74, 6) is -1.67. The minimum Gasteiger partial charge on any atom is -0.481 e. The lowest BCUT2D eigenvalue weighted by atomic mass is 9.98. The molecule has 0 heterocycles. The fraction of sp³-hybridized carbons (Fsp3) is 0.582. The molecule has 3 aromatic carbocycles. The number of amides is 3. The van der Waals surface area contributed by atoms with Gasteiger partial charge in [-0.1, -0.05) is 156 Å². The number of carboxylic acid groups (broad SMARTS) is 1. The second-order valence-electron chi connectivity index (χ2n) is 17.7. The third-order valence-electron chi connectivity index (χ3n) is 12.2. The van der Waals surface area contributed by atoms with Gasteiger partial charge in [0, 0.05) is 51.5 Å². The van der Waals surface area contributed by atoms with Crippen LogP contribution in [-0.2, 0) is 49.5 Å². The Labute approximate surface area is 410 Å². The third kappa shape index (κ3) is 24.7. The molecule has 69 heavy (non-hydrogen) atoms. The van der Waals surface area contributed by atoms with Crippen molar-refractivity contribution in [1.82, 2.24) is 16.0 Å². The van der Waals surface area contributed by atoms with Crippen LogP contribution in [-0.4, -0.2) is 100 Å². The number of nitrogens with one attached hydrogen (secondary N) is 3. The maximum absolute atomic E-state index is 13.1. The molecule has 3 amide bonds. The smallest absolute Gasteiger partial charge is 0.407 e. The normalized spacial score (nSPS) is 12.2. The highest BCUT2D eigenvalue weighted by Crippen LogP contribution is 2.44. The number of fused-ring (bicyclic) bond motifs is 3. The molecule has 0 aromatic heterocycles. The number of ether oxygens (including phenoxy) is 5. The number of carbonyl (C=O) groups excluding carboxylic acids is 4. The van der Waals surface area contributed by atoms with Gasteiger partial charge < -0.3 is 44.7 Å². The highest BCUT2D eigenvalue weighted by Gasteiger charge is 2.29. The summed E-state index contributed by atoms with van der Waals surface area (Å²) in [6, 6.07) is 24.9. The number of hydrogen-bond acceptors (Lipinski definition) is 10. The van der Waals surface area contributed by atoms with Crippen LogP contribution in [0.5, 0.6) is 0 Å². The van der Waals surface area contributed by atoms with Crippen molar-refractivity contribution < 1.29 is 52.8 Å². The van der Waals surface area contributed by atoms with Gasteiger partial charge >= 0.3 is 18.0 Å². The quantitative estimate of drug-likeness (QED) is 0.0314. The topological polar surface area (TPSA) is 188 Å². The van der Waals surface area contributed by atoms with Crippen LogP contribution >= 0.6 is 0 Å². The lowest BCUT2D eigenvalue weighted by Crippen LogP contribution is -2.42. The summed E-state index contributed by atoms with van der Waals surface area (Å²) in [7, 11) is 0. The number of carboxylic acids is 1. The predicted molar refractivity (Wildman–Crippen MR) is 267 cm³/mol. The predicted octanol–water partition coefficient (Wildman–Crippen LogP) is 9.81. The summed E-state index contributed by atoms with van der Waals surface area (Å²) in [6.45, 7) is 3.82. The highest BCUT2D eigenvalue weighted by atomic mass is 16.6. The number of hydrogen-bond donors (Lipinski definition) is 4. The van der Waals surface area contributed by atoms with E-state index in [9.17, 15) is 24.0 Å². The van der Waals surface area contributed by atoms with Gasteiger partial charge in [0.25, 0.3) is 0 Å². The molecule has 4 rings (SSSR count). The van der Waals surface area contributed by atoms with Crippen molar-refractivity contribution in [3.05, 3.63) is 95.6 Å². The second-order valence-corrected chi connectivity index (χ2v) is 17.7. The van der Waals surface area contributed by atoms with Gasteiger partial charge in [0.2, 0.25) is 11.8 Å². The summed E-state index contributed by atoms with van der Waals surface area (Å²) in [5, 5.41) is 17.2. The maximum Gasteiger partial charge on any atom is 0.407 e. The summed E-state index contributed by atoms with van der Waals surface area (Å²) in [6.07, 6.45) is 17.0. The van der Waals surface area contributed by atoms with Crippen LogP contribution in [0.15, 0.2) is 78.9 Å². The lowest BCUT2D eigenvalue weighted by Gasteiger charge is -2.18. The minimum atomic E-state index is -0.920. The average Bonchev–Trinajstić information content (AvgIpc) is 3.68. The maximum atomic E-state index is 13.1. The van der Waals surface area contributed by atoms with Gasteiger partial charge in [-0.25, -0.2) is 9.59 Å². The molecule has 0 saturated carbocycles. The third-order valence-corrected chi connectivity index (χ3v) is 12.2. The number of esters is 1. The standard InChI is InChI=1S/C55H79N3O11/c59-51(56-34-22-36-65-38-40-67-41-39-66-37-23-35-57-55(64)69-43-49-47-28-20-18-26-45(47)46-27-19-21-29-48(46)49)33-32-50(54(63)68-42-44-24-14-13-15-25-44)58-52(60)30-16-11-9-7-5-3-1-2-4-6-8-10-12-17-31-53(61)62/h13-15,18-21,24-29,49-50H,1-12,16-17,22-23,30-43H2,(H,56,59)(H,57,64)(H,58,60)(H,61,62)/t50-/m0/s1. The first-order chi connectivity index (χ1) is 33.8. The van der Waals surface area contributed by atoms with E-state index in [2.05, 4.69) is 40.2 Å². The monoisotopic (exact) mass is 958 g/mol. The van der Waals surface area contributed by atoms with Crippen LogP contribution in [0.2, 0.25) is 0 Å². The number of benzene rings is 3. The van der Waals surface area contributed by atoms with Gasteiger partial charge in [0.15, 0.2) is 0 Å². The van der Waals surface area contributed by atoms with Gasteiger partial charge in [-0.05, 0) is 59.9 Å². The van der Waals surface area contributed by atoms with Crippen molar-refractivity contribution in [2.45, 2.75) is 147 Å². The molecule has 0 spiro atoms. The summed E-state index contributed by atoms with van der Waals surface area (Å²) in [4.78, 5) is 61.6. The molecule has 1 aliphatic rings. The first kappa shape index (κ1) is 56.3. The molecule has 0 unspecified atom stereocenters. The molecule has 0 radical (unpaired) electrons. The Kier molecular flexibility index (Phi) is 29.2. The molecular weight excluding hydrogens is 879 g/mol. The number of aliphatic carboxylic acids is 1. The zero-order valence-electron chi connectivity index (χ0n) is 40.9. The molecule has 0 saturated heterocycles. The van der Waals surface area contributed by atoms with Gasteiger partial charge in [0.1, 0.15) is 19.3 Å². The zero-order chi connectivity index (χ0) is 49.0. The van der Waals surface area contributed by atoms with Gasteiger partial charge in [0.05, 0.1) is 26.4 Å². The first-order valence-corrected chi connectivity index (χ1v) is 25.6. The fourth-order valence-corrected chi connectivity index (χ4v) is 8.35. The summed E-state index contributed by atoms with van der Waals surface area (Å²) >= 11 is 0. The van der Waals surface area contributed by atoms with Crippen LogP contribution in [0.4, 0.5) is 4.79 Å². The van der Waals surface area contributed by atoms with Gasteiger partial charge in [-0.3, -0.25) is 14.4 Å². The van der Waals surface area contributed by atoms with Crippen LogP contribution in [0.1, 0.15) is 151 Å². The summed E-state index contributed by atoms with van der Waals surface area (Å²) < 4.78 is 27.9. The van der Waals surface area contributed by atoms with E-state index in [-0.39, 0.29) is 50.2 Å². The van der Waals surface area contributed by atoms with E-state index in [1.165, 1.54) is 67.2 Å². The molecule has 380 valence electrons. The average molecular weight is 958 g/mol. The van der Waals surface area contributed by atoms with Crippen molar-refractivity contribution in [2.24, 2.45) is 0 Å². The van der Waals surface area contributed by atoms with E-state index in [1.807, 2.05) is 54.6 Å². The van der Waals surface area contributed by atoms with Crippen LogP contribution < -0.4 is 16.0 Å². The number of alkyl carbamates (subject to hydrolysis) is 1. The van der Waals surface area contributed by atoms with Gasteiger partial charge in [-0.2, -0.15) is 0 Å². The summed E-state index contributed by atoms with van der Waals surface area (Å²) in [5.41, 5.74) is 5.58. The first-order valence-electron chi connectivity index (χ1n) is 25.6. The zero-order valence-corrected chi connectivity index (χ0v) is 40.9. The SMILES string of the molecule is O=C(O)CCCCCCCCCCCCCCCCC(=O)N[C@@H](CCC(=O)NCCCOCCOCCOCCCNC(=O)OCC1c2ccccc2-c2ccccc21)C(=O)OCc1ccccc1. The number of carbonyl (C=O) groups is 5. The number of unbranched alkanes of at least 4 members (excludes halogenated alkanes) is 13. The van der Waals surface area contributed by atoms with E-state index < -0.39 is 24.1 Å². The molecule has 1 atom stereocenters. The fourth-order valence-electron chi connectivity index (χ4n) is 8.35. The van der Waals surface area contributed by atoms with E-state index in [1.54, 1.807) is 0 Å². The van der Waals surface area contributed by atoms with Crippen LogP contribution in [0, 0.1) is 0 Å². The largest absolute Gasteiger partial charge is 0.481 e. The molecule has 4 N–H and O–H groups in total. The van der Waals surface area contributed by atoms with E-state index in [0.29, 0.717) is 72.0 Å². The van der Waals surface area contributed by atoms with Crippen molar-refractivity contribution >= 4 is 29.8 Å². The molecular formula is C55H79N3O11. The molecule has 0 aliphatic heterocycles. The molecule has 3 aromatic rings. The van der Waals surface area contributed by atoms with Crippen LogP contribution in [0.3, 0.4) is 0 Å². The molecule has 1 aliphatic carbocycles. The van der Waals surface area contributed by atoms with Crippen LogP contribution in [0.25, 0.3) is 11.1 Å². The Bertz CT molecular complexity index is 1870. The number of rotatable bonds is 40. The highest BCUT2D eigenvalue weighted by molar-refractivity contribution is 5.85. The van der Waals surface area contributed by atoms with E-state index in [0.717, 1.165) is 50.5 Å². The minimum absolute atomic E-state index is 0.0245. The second kappa shape index (κ2) is 35.8. The van der Waals surface area contributed by atoms with Crippen molar-refractivity contribution in [1.29, 1.82) is 0 Å². The molecule has 0 fully saturated rings. The van der Waals surface area contributed by atoms with Crippen molar-refractivity contribution in [2.75, 3.05) is 59.3 Å². The molecule has 14 heteroatoms. The Balaban J connectivity index is 0.947. The Morgan fingerprint density at radius 3 is 1.52 bits per heavy atom. The Morgan fingerprint density at radius 1 is 0.493 bits per heavy atom. The molecule has 0 bridgehead atoms.